The van der Waals surface area contributed by atoms with E-state index in [0.717, 1.165) is 18.7 Å². The standard InChI is InChI=1S/C6H14ClNO/c7-5-3-1-2-4-6-9-8/h1-6,8H2. The molecule has 0 unspecified atom stereocenters. The van der Waals surface area contributed by atoms with Crippen molar-refractivity contribution in [1.82, 2.24) is 0 Å². The van der Waals surface area contributed by atoms with Crippen molar-refractivity contribution < 1.29 is 4.84 Å². The minimum Gasteiger partial charge on any atom is -0.305 e. The summed E-state index contributed by atoms with van der Waals surface area (Å²) in [4.78, 5) is 4.39. The van der Waals surface area contributed by atoms with E-state index in [1.807, 2.05) is 0 Å². The van der Waals surface area contributed by atoms with Crippen LogP contribution in [0.25, 0.3) is 0 Å². The van der Waals surface area contributed by atoms with Gasteiger partial charge in [-0.3, -0.25) is 0 Å². The summed E-state index contributed by atoms with van der Waals surface area (Å²) in [5.74, 6) is 5.58. The molecule has 0 saturated carbocycles. The second-order valence-electron chi connectivity index (χ2n) is 1.97. The number of nitrogens with two attached hydrogens (primary N) is 1. The molecule has 0 heterocycles. The van der Waals surface area contributed by atoms with E-state index in [-0.39, 0.29) is 0 Å². The van der Waals surface area contributed by atoms with Gasteiger partial charge in [-0.1, -0.05) is 12.8 Å². The lowest BCUT2D eigenvalue weighted by molar-refractivity contribution is 0.133. The van der Waals surface area contributed by atoms with E-state index in [2.05, 4.69) is 4.84 Å². The average Bonchev–Trinajstić information content (AvgIpc) is 1.89. The first kappa shape index (κ1) is 9.21. The molecule has 56 valence electrons. The van der Waals surface area contributed by atoms with Gasteiger partial charge in [-0.25, -0.2) is 5.90 Å². The lowest BCUT2D eigenvalue weighted by atomic mass is 10.2. The molecule has 2 nitrogen and oxygen atoms in total. The second-order valence-corrected chi connectivity index (χ2v) is 2.35. The molecule has 9 heavy (non-hydrogen) atoms. The van der Waals surface area contributed by atoms with E-state index < -0.39 is 0 Å². The summed E-state index contributed by atoms with van der Waals surface area (Å²) < 4.78 is 0. The van der Waals surface area contributed by atoms with Crippen LogP contribution in [0.5, 0.6) is 0 Å². The van der Waals surface area contributed by atoms with Crippen LogP contribution >= 0.6 is 11.6 Å². The zero-order valence-electron chi connectivity index (χ0n) is 5.61. The van der Waals surface area contributed by atoms with Gasteiger partial charge >= 0.3 is 0 Å². The van der Waals surface area contributed by atoms with E-state index in [0.29, 0.717) is 6.61 Å². The molecular formula is C6H14ClNO. The van der Waals surface area contributed by atoms with Crippen molar-refractivity contribution in [3.8, 4) is 0 Å². The van der Waals surface area contributed by atoms with Gasteiger partial charge in [-0.15, -0.1) is 11.6 Å². The summed E-state index contributed by atoms with van der Waals surface area (Å²) >= 11 is 5.46. The Balaban J connectivity index is 2.60. The fourth-order valence-electron chi connectivity index (χ4n) is 0.633. The van der Waals surface area contributed by atoms with Crippen molar-refractivity contribution in [2.75, 3.05) is 12.5 Å². The normalized spacial score (nSPS) is 10.0. The van der Waals surface area contributed by atoms with Gasteiger partial charge in [0, 0.05) is 5.88 Å². The summed E-state index contributed by atoms with van der Waals surface area (Å²) in [5, 5.41) is 0. The van der Waals surface area contributed by atoms with Crippen LogP contribution in [0.15, 0.2) is 0 Å². The molecule has 0 amide bonds. The molecule has 0 aliphatic carbocycles. The molecule has 0 aliphatic heterocycles. The second kappa shape index (κ2) is 8.21. The maximum atomic E-state index is 5.46. The van der Waals surface area contributed by atoms with Gasteiger partial charge in [-0.05, 0) is 12.8 Å². The number of unbranched alkanes of at least 4 members (excludes halogenated alkanes) is 3. The molecule has 3 heteroatoms. The highest BCUT2D eigenvalue weighted by molar-refractivity contribution is 6.17. The lowest BCUT2D eigenvalue weighted by Crippen LogP contribution is -2.00. The van der Waals surface area contributed by atoms with Gasteiger partial charge in [0.05, 0.1) is 6.61 Å². The van der Waals surface area contributed by atoms with Gasteiger partial charge in [0.15, 0.2) is 0 Å². The first-order valence-electron chi connectivity index (χ1n) is 3.29. The van der Waals surface area contributed by atoms with Crippen LogP contribution in [0.2, 0.25) is 0 Å². The van der Waals surface area contributed by atoms with Crippen LogP contribution < -0.4 is 5.90 Å². The van der Waals surface area contributed by atoms with Crippen molar-refractivity contribution in [2.24, 2.45) is 5.90 Å². The minimum atomic E-state index is 0.669. The van der Waals surface area contributed by atoms with Crippen molar-refractivity contribution in [2.45, 2.75) is 25.7 Å². The van der Waals surface area contributed by atoms with Gasteiger partial charge < -0.3 is 4.84 Å². The maximum Gasteiger partial charge on any atom is 0.0679 e. The Morgan fingerprint density at radius 1 is 1.11 bits per heavy atom. The molecular weight excluding hydrogens is 138 g/mol. The maximum absolute atomic E-state index is 5.46. The van der Waals surface area contributed by atoms with Crippen LogP contribution in [0.4, 0.5) is 0 Å². The van der Waals surface area contributed by atoms with Crippen LogP contribution in [0, 0.1) is 0 Å². The van der Waals surface area contributed by atoms with Crippen LogP contribution in [0.3, 0.4) is 0 Å². The van der Waals surface area contributed by atoms with Crippen molar-refractivity contribution >= 4 is 11.6 Å². The number of halogens is 1. The largest absolute Gasteiger partial charge is 0.305 e. The third-order valence-corrected chi connectivity index (χ3v) is 1.41. The van der Waals surface area contributed by atoms with Crippen LogP contribution in [0.1, 0.15) is 25.7 Å². The summed E-state index contributed by atoms with van der Waals surface area (Å²) in [6.45, 7) is 0.669. The van der Waals surface area contributed by atoms with Crippen molar-refractivity contribution in [1.29, 1.82) is 0 Å². The van der Waals surface area contributed by atoms with Crippen molar-refractivity contribution in [3.05, 3.63) is 0 Å². The molecule has 2 N–H and O–H groups in total. The predicted octanol–water partition coefficient (Wildman–Crippen LogP) is 1.68. The predicted molar refractivity (Wildman–Crippen MR) is 39.3 cm³/mol. The van der Waals surface area contributed by atoms with E-state index in [1.165, 1.54) is 12.8 Å². The number of hydrogen-bond acceptors (Lipinski definition) is 2. The van der Waals surface area contributed by atoms with E-state index >= 15 is 0 Å². The Morgan fingerprint density at radius 3 is 2.33 bits per heavy atom. The SMILES string of the molecule is NOCCCCCCCl. The molecule has 0 radical (unpaired) electrons. The van der Waals surface area contributed by atoms with E-state index in [9.17, 15) is 0 Å². The third kappa shape index (κ3) is 8.21. The molecule has 0 aliphatic rings. The Kier molecular flexibility index (Phi) is 8.40. The first-order chi connectivity index (χ1) is 4.41. The van der Waals surface area contributed by atoms with Gasteiger partial charge in [0.25, 0.3) is 0 Å². The topological polar surface area (TPSA) is 35.2 Å². The van der Waals surface area contributed by atoms with Crippen LogP contribution in [-0.2, 0) is 4.84 Å². The molecule has 0 bridgehead atoms. The molecule has 0 fully saturated rings. The molecule has 0 aromatic heterocycles. The fourth-order valence-corrected chi connectivity index (χ4v) is 0.822. The highest BCUT2D eigenvalue weighted by Gasteiger charge is 1.86. The highest BCUT2D eigenvalue weighted by atomic mass is 35.5. The average molecular weight is 152 g/mol. The van der Waals surface area contributed by atoms with Crippen LogP contribution in [-0.4, -0.2) is 12.5 Å². The number of alkyl halides is 1. The molecule has 0 aromatic rings. The first-order valence-corrected chi connectivity index (χ1v) is 3.83. The molecule has 0 atom stereocenters. The summed E-state index contributed by atoms with van der Waals surface area (Å²) in [6.07, 6.45) is 4.51. The Hall–Kier alpha value is 0.210. The molecule has 0 rings (SSSR count). The number of rotatable bonds is 6. The molecule has 0 spiro atoms. The summed E-state index contributed by atoms with van der Waals surface area (Å²) in [7, 11) is 0. The van der Waals surface area contributed by atoms with E-state index in [4.69, 9.17) is 17.5 Å². The quantitative estimate of drug-likeness (QED) is 0.356. The zero-order chi connectivity index (χ0) is 6.95. The fraction of sp³-hybridized carbons (Fsp3) is 1.00. The van der Waals surface area contributed by atoms with Crippen molar-refractivity contribution in [3.63, 3.8) is 0 Å². The monoisotopic (exact) mass is 151 g/mol. The van der Waals surface area contributed by atoms with Gasteiger partial charge in [0.1, 0.15) is 0 Å². The Labute approximate surface area is 61.3 Å². The zero-order valence-corrected chi connectivity index (χ0v) is 6.36. The Morgan fingerprint density at radius 2 is 1.78 bits per heavy atom. The lowest BCUT2D eigenvalue weighted by Gasteiger charge is -1.96. The summed E-state index contributed by atoms with van der Waals surface area (Å²) in [5.41, 5.74) is 0. The number of hydrogen-bond donors (Lipinski definition) is 1. The summed E-state index contributed by atoms with van der Waals surface area (Å²) in [6, 6.07) is 0. The molecule has 0 aromatic carbocycles. The molecule has 0 saturated heterocycles. The van der Waals surface area contributed by atoms with Gasteiger partial charge in [0.2, 0.25) is 0 Å². The highest BCUT2D eigenvalue weighted by Crippen LogP contribution is 1.99. The third-order valence-electron chi connectivity index (χ3n) is 1.15. The minimum absolute atomic E-state index is 0.669. The van der Waals surface area contributed by atoms with E-state index in [1.54, 1.807) is 0 Å². The van der Waals surface area contributed by atoms with Gasteiger partial charge in [-0.2, -0.15) is 0 Å². The Bertz CT molecular complexity index is 46.3. The smallest absolute Gasteiger partial charge is 0.0679 e.